The van der Waals surface area contributed by atoms with Gasteiger partial charge in [-0.2, -0.15) is 0 Å². The zero-order chi connectivity index (χ0) is 12.8. The van der Waals surface area contributed by atoms with Crippen LogP contribution in [0.1, 0.15) is 18.4 Å². The molecule has 3 rings (SSSR count). The van der Waals surface area contributed by atoms with E-state index in [2.05, 4.69) is 4.90 Å². The molecule has 2 nitrogen and oxygen atoms in total. The summed E-state index contributed by atoms with van der Waals surface area (Å²) >= 11 is 6.05. The smallest absolute Gasteiger partial charge is 0.127 e. The lowest BCUT2D eigenvalue weighted by Gasteiger charge is -2.39. The van der Waals surface area contributed by atoms with Crippen molar-refractivity contribution >= 4 is 11.6 Å². The minimum Gasteiger partial charge on any atom is -0.389 e. The molecule has 4 heteroatoms. The van der Waals surface area contributed by atoms with Crippen LogP contribution in [0.5, 0.6) is 0 Å². The van der Waals surface area contributed by atoms with Crippen LogP contribution in [0.15, 0.2) is 18.2 Å². The third-order valence-corrected chi connectivity index (χ3v) is 4.79. The van der Waals surface area contributed by atoms with Crippen LogP contribution in [-0.2, 0) is 6.42 Å². The molecule has 98 valence electrons. The van der Waals surface area contributed by atoms with E-state index in [-0.39, 0.29) is 11.7 Å². The third-order valence-electron chi connectivity index (χ3n) is 4.44. The van der Waals surface area contributed by atoms with Crippen molar-refractivity contribution in [2.24, 2.45) is 5.92 Å². The van der Waals surface area contributed by atoms with Crippen molar-refractivity contribution in [3.8, 4) is 0 Å². The number of aliphatic hydroxyl groups is 1. The molecule has 0 aromatic heterocycles. The van der Waals surface area contributed by atoms with Gasteiger partial charge in [-0.15, -0.1) is 0 Å². The van der Waals surface area contributed by atoms with Crippen LogP contribution < -0.4 is 0 Å². The van der Waals surface area contributed by atoms with Crippen molar-refractivity contribution in [1.29, 1.82) is 0 Å². The summed E-state index contributed by atoms with van der Waals surface area (Å²) in [6, 6.07) is 4.70. The maximum Gasteiger partial charge on any atom is 0.127 e. The van der Waals surface area contributed by atoms with Crippen LogP contribution in [0, 0.1) is 11.7 Å². The molecular formula is C14H17ClFNO. The fourth-order valence-corrected chi connectivity index (χ4v) is 3.50. The Morgan fingerprint density at radius 3 is 3.06 bits per heavy atom. The normalized spacial score (nSPS) is 34.8. The van der Waals surface area contributed by atoms with Crippen LogP contribution in [-0.4, -0.2) is 35.2 Å². The Kier molecular flexibility index (Phi) is 3.08. The number of hydrogen-bond acceptors (Lipinski definition) is 2. The minimum absolute atomic E-state index is 0.252. The first kappa shape index (κ1) is 12.4. The Hall–Kier alpha value is -0.640. The van der Waals surface area contributed by atoms with Gasteiger partial charge < -0.3 is 10.0 Å². The SMILES string of the molecule is OC1(Cc2c(F)cccc2Cl)CCN2CCC1C2. The van der Waals surface area contributed by atoms with E-state index in [4.69, 9.17) is 11.6 Å². The van der Waals surface area contributed by atoms with Crippen molar-refractivity contribution in [2.75, 3.05) is 19.6 Å². The van der Waals surface area contributed by atoms with Crippen LogP contribution in [0.3, 0.4) is 0 Å². The Bertz CT molecular complexity index is 447. The maximum atomic E-state index is 13.8. The van der Waals surface area contributed by atoms with Crippen molar-refractivity contribution in [1.82, 2.24) is 4.90 Å². The molecule has 0 spiro atoms. The van der Waals surface area contributed by atoms with Crippen LogP contribution in [0.4, 0.5) is 4.39 Å². The summed E-state index contributed by atoms with van der Waals surface area (Å²) in [5.74, 6) is -0.0572. The standard InChI is InChI=1S/C14H17ClFNO/c15-12-2-1-3-13(16)11(12)8-14(18)5-7-17-6-4-10(14)9-17/h1-3,10,18H,4-9H2. The van der Waals surface area contributed by atoms with Gasteiger partial charge in [-0.05, 0) is 31.5 Å². The van der Waals surface area contributed by atoms with Crippen LogP contribution in [0.25, 0.3) is 0 Å². The van der Waals surface area contributed by atoms with Gasteiger partial charge in [-0.1, -0.05) is 17.7 Å². The highest BCUT2D eigenvalue weighted by Crippen LogP contribution is 2.39. The van der Waals surface area contributed by atoms with Gasteiger partial charge in [0.05, 0.1) is 5.60 Å². The van der Waals surface area contributed by atoms with Gasteiger partial charge in [0.25, 0.3) is 0 Å². The molecular weight excluding hydrogens is 253 g/mol. The number of piperidine rings is 1. The van der Waals surface area contributed by atoms with E-state index in [0.29, 0.717) is 23.4 Å². The number of benzene rings is 1. The number of fused-ring (bicyclic) bond motifs is 2. The van der Waals surface area contributed by atoms with E-state index in [0.717, 1.165) is 26.1 Å². The molecule has 1 aromatic carbocycles. The Balaban J connectivity index is 1.87. The quantitative estimate of drug-likeness (QED) is 0.892. The highest BCUT2D eigenvalue weighted by molar-refractivity contribution is 6.31. The molecule has 0 saturated carbocycles. The van der Waals surface area contributed by atoms with Crippen molar-refractivity contribution in [3.63, 3.8) is 0 Å². The molecule has 0 aliphatic carbocycles. The van der Waals surface area contributed by atoms with Crippen molar-refractivity contribution in [2.45, 2.75) is 24.9 Å². The second-order valence-corrected chi connectivity index (χ2v) is 5.92. The largest absolute Gasteiger partial charge is 0.389 e. The summed E-state index contributed by atoms with van der Waals surface area (Å²) < 4.78 is 13.8. The summed E-state index contributed by atoms with van der Waals surface area (Å²) in [5, 5.41) is 11.2. The summed E-state index contributed by atoms with van der Waals surface area (Å²) in [5.41, 5.74) is -0.333. The number of nitrogens with zero attached hydrogens (tertiary/aromatic N) is 1. The molecule has 2 aliphatic rings. The zero-order valence-electron chi connectivity index (χ0n) is 10.2. The Labute approximate surface area is 111 Å². The lowest BCUT2D eigenvalue weighted by Crippen LogP contribution is -2.48. The molecule has 1 N–H and O–H groups in total. The van der Waals surface area contributed by atoms with E-state index >= 15 is 0 Å². The first-order valence-electron chi connectivity index (χ1n) is 6.46. The first-order chi connectivity index (χ1) is 8.58. The Morgan fingerprint density at radius 2 is 2.28 bits per heavy atom. The molecule has 0 radical (unpaired) electrons. The van der Waals surface area contributed by atoms with E-state index < -0.39 is 5.60 Å². The zero-order valence-corrected chi connectivity index (χ0v) is 11.0. The van der Waals surface area contributed by atoms with Gasteiger partial charge in [0.2, 0.25) is 0 Å². The topological polar surface area (TPSA) is 23.5 Å². The van der Waals surface area contributed by atoms with Gasteiger partial charge in [0.1, 0.15) is 5.82 Å². The average Bonchev–Trinajstić information content (AvgIpc) is 2.76. The van der Waals surface area contributed by atoms with Crippen LogP contribution in [0.2, 0.25) is 5.02 Å². The molecule has 2 fully saturated rings. The van der Waals surface area contributed by atoms with Crippen LogP contribution >= 0.6 is 11.6 Å². The average molecular weight is 270 g/mol. The predicted octanol–water partition coefficient (Wildman–Crippen LogP) is 2.48. The lowest BCUT2D eigenvalue weighted by molar-refractivity contribution is -0.0444. The second kappa shape index (κ2) is 4.48. The van der Waals surface area contributed by atoms with Gasteiger partial charge in [-0.25, -0.2) is 4.39 Å². The van der Waals surface area contributed by atoms with Crippen molar-refractivity contribution in [3.05, 3.63) is 34.6 Å². The summed E-state index contributed by atoms with van der Waals surface area (Å²) in [6.07, 6.45) is 2.04. The number of hydrogen-bond donors (Lipinski definition) is 1. The van der Waals surface area contributed by atoms with E-state index in [1.165, 1.54) is 6.07 Å². The minimum atomic E-state index is -0.793. The van der Waals surface area contributed by atoms with Gasteiger partial charge in [0.15, 0.2) is 0 Å². The predicted molar refractivity (Wildman–Crippen MR) is 69.2 cm³/mol. The number of rotatable bonds is 2. The molecule has 2 bridgehead atoms. The van der Waals surface area contributed by atoms with E-state index in [1.807, 2.05) is 0 Å². The highest BCUT2D eigenvalue weighted by Gasteiger charge is 2.45. The molecule has 18 heavy (non-hydrogen) atoms. The summed E-state index contributed by atoms with van der Waals surface area (Å²) in [6.45, 7) is 2.89. The summed E-state index contributed by atoms with van der Waals surface area (Å²) in [7, 11) is 0. The maximum absolute atomic E-state index is 13.8. The third kappa shape index (κ3) is 2.04. The highest BCUT2D eigenvalue weighted by atomic mass is 35.5. The fraction of sp³-hybridized carbons (Fsp3) is 0.571. The molecule has 3 unspecified atom stereocenters. The van der Waals surface area contributed by atoms with Crippen molar-refractivity contribution < 1.29 is 9.50 Å². The molecule has 1 aromatic rings. The molecule has 3 atom stereocenters. The molecule has 2 saturated heterocycles. The van der Waals surface area contributed by atoms with E-state index in [1.54, 1.807) is 12.1 Å². The monoisotopic (exact) mass is 269 g/mol. The van der Waals surface area contributed by atoms with Gasteiger partial charge >= 0.3 is 0 Å². The number of halogens is 2. The summed E-state index contributed by atoms with van der Waals surface area (Å²) in [4.78, 5) is 2.36. The lowest BCUT2D eigenvalue weighted by atomic mass is 9.78. The Morgan fingerprint density at radius 1 is 1.44 bits per heavy atom. The van der Waals surface area contributed by atoms with Gasteiger partial charge in [0, 0.05) is 36.0 Å². The van der Waals surface area contributed by atoms with E-state index in [9.17, 15) is 9.50 Å². The van der Waals surface area contributed by atoms with Gasteiger partial charge in [-0.3, -0.25) is 0 Å². The fourth-order valence-electron chi connectivity index (χ4n) is 3.27. The molecule has 2 aliphatic heterocycles. The second-order valence-electron chi connectivity index (χ2n) is 5.52. The molecule has 0 amide bonds. The molecule has 2 heterocycles. The first-order valence-corrected chi connectivity index (χ1v) is 6.84.